The number of anilines is 1. The average Bonchev–Trinajstić information content (AvgIpc) is 2.94. The molecule has 1 N–H and O–H groups in total. The number of nitrogens with zero attached hydrogens (tertiary/aromatic N) is 1. The van der Waals surface area contributed by atoms with Crippen LogP contribution in [0.3, 0.4) is 0 Å². The third-order valence-corrected chi connectivity index (χ3v) is 7.11. The van der Waals surface area contributed by atoms with E-state index < -0.39 is 15.9 Å². The molecule has 3 rings (SSSR count). The molecule has 1 aliphatic heterocycles. The van der Waals surface area contributed by atoms with Gasteiger partial charge in [0, 0.05) is 29.4 Å². The summed E-state index contributed by atoms with van der Waals surface area (Å²) in [7, 11) is -3.75. The maximum Gasteiger partial charge on any atom is 0.255 e. The van der Waals surface area contributed by atoms with Crippen molar-refractivity contribution in [3.05, 3.63) is 58.1 Å². The Labute approximate surface area is 169 Å². The molecule has 0 bridgehead atoms. The minimum Gasteiger partial charge on any atom is -0.322 e. The smallest absolute Gasteiger partial charge is 0.255 e. The largest absolute Gasteiger partial charge is 0.322 e. The molecule has 0 aliphatic carbocycles. The highest BCUT2D eigenvalue weighted by molar-refractivity contribution is 7.89. The number of hydrogen-bond donors (Lipinski definition) is 1. The van der Waals surface area contributed by atoms with Gasteiger partial charge in [-0.15, -0.1) is 0 Å². The molecule has 1 saturated heterocycles. The van der Waals surface area contributed by atoms with Crippen LogP contribution in [0.1, 0.15) is 36.0 Å². The third-order valence-electron chi connectivity index (χ3n) is 4.48. The Kier molecular flexibility index (Phi) is 6.42. The van der Waals surface area contributed by atoms with Crippen molar-refractivity contribution in [3.8, 4) is 0 Å². The van der Waals surface area contributed by atoms with Gasteiger partial charge in [-0.25, -0.2) is 8.42 Å². The molecular weight excluding hydrogens is 407 g/mol. The molecule has 144 valence electrons. The molecule has 8 heteroatoms. The second kappa shape index (κ2) is 8.61. The normalized spacial score (nSPS) is 15.9. The van der Waals surface area contributed by atoms with E-state index in [0.717, 1.165) is 25.7 Å². The van der Waals surface area contributed by atoms with Crippen molar-refractivity contribution < 1.29 is 13.2 Å². The molecule has 0 spiro atoms. The molecule has 27 heavy (non-hydrogen) atoms. The van der Waals surface area contributed by atoms with E-state index in [9.17, 15) is 13.2 Å². The van der Waals surface area contributed by atoms with E-state index in [2.05, 4.69) is 5.32 Å². The zero-order valence-corrected chi connectivity index (χ0v) is 16.9. The predicted molar refractivity (Wildman–Crippen MR) is 108 cm³/mol. The molecule has 1 amide bonds. The van der Waals surface area contributed by atoms with Gasteiger partial charge in [0.2, 0.25) is 10.0 Å². The molecule has 0 unspecified atom stereocenters. The quantitative estimate of drug-likeness (QED) is 0.762. The van der Waals surface area contributed by atoms with E-state index in [1.165, 1.54) is 22.5 Å². The van der Waals surface area contributed by atoms with Gasteiger partial charge >= 0.3 is 0 Å². The van der Waals surface area contributed by atoms with Crippen molar-refractivity contribution in [1.82, 2.24) is 4.31 Å². The van der Waals surface area contributed by atoms with Crippen molar-refractivity contribution in [3.63, 3.8) is 0 Å². The lowest BCUT2D eigenvalue weighted by atomic mass is 10.2. The van der Waals surface area contributed by atoms with Gasteiger partial charge in [0.15, 0.2) is 0 Å². The van der Waals surface area contributed by atoms with Crippen molar-refractivity contribution >= 4 is 44.8 Å². The summed E-state index contributed by atoms with van der Waals surface area (Å²) in [4.78, 5) is 12.5. The SMILES string of the molecule is O=C(Nc1ccc(Cl)cc1)c1ccc(Cl)c(S(=O)(=O)N2CCCCCC2)c1. The molecule has 0 atom stereocenters. The fraction of sp³-hybridized carbons (Fsp3) is 0.316. The van der Waals surface area contributed by atoms with Gasteiger partial charge in [-0.1, -0.05) is 36.0 Å². The fourth-order valence-corrected chi connectivity index (χ4v) is 5.14. The lowest BCUT2D eigenvalue weighted by Crippen LogP contribution is -2.32. The lowest BCUT2D eigenvalue weighted by molar-refractivity contribution is 0.102. The van der Waals surface area contributed by atoms with Crippen molar-refractivity contribution in [1.29, 1.82) is 0 Å². The number of benzene rings is 2. The number of nitrogens with one attached hydrogen (secondary N) is 1. The summed E-state index contributed by atoms with van der Waals surface area (Å²) >= 11 is 12.0. The minimum absolute atomic E-state index is 0.0326. The van der Waals surface area contributed by atoms with Crippen LogP contribution in [0.2, 0.25) is 10.0 Å². The first-order chi connectivity index (χ1) is 12.9. The van der Waals surface area contributed by atoms with Crippen LogP contribution < -0.4 is 5.32 Å². The number of hydrogen-bond acceptors (Lipinski definition) is 3. The summed E-state index contributed by atoms with van der Waals surface area (Å²) < 4.78 is 27.5. The van der Waals surface area contributed by atoms with Crippen LogP contribution in [-0.4, -0.2) is 31.7 Å². The number of amides is 1. The van der Waals surface area contributed by atoms with Crippen LogP contribution in [0.15, 0.2) is 47.4 Å². The molecule has 0 saturated carbocycles. The van der Waals surface area contributed by atoms with E-state index >= 15 is 0 Å². The summed E-state index contributed by atoms with van der Waals surface area (Å²) in [6.07, 6.45) is 3.69. The number of halogens is 2. The monoisotopic (exact) mass is 426 g/mol. The number of rotatable bonds is 4. The van der Waals surface area contributed by atoms with E-state index in [0.29, 0.717) is 23.8 Å². The number of sulfonamides is 1. The molecule has 0 aromatic heterocycles. The van der Waals surface area contributed by atoms with Gasteiger partial charge in [0.1, 0.15) is 4.90 Å². The Balaban J connectivity index is 1.87. The second-order valence-electron chi connectivity index (χ2n) is 6.42. The van der Waals surface area contributed by atoms with Gasteiger partial charge in [0.05, 0.1) is 5.02 Å². The van der Waals surface area contributed by atoms with Crippen LogP contribution in [0.5, 0.6) is 0 Å². The first-order valence-electron chi connectivity index (χ1n) is 8.74. The van der Waals surface area contributed by atoms with E-state index in [4.69, 9.17) is 23.2 Å². The van der Waals surface area contributed by atoms with Crippen LogP contribution in [-0.2, 0) is 10.0 Å². The maximum absolute atomic E-state index is 13.0. The number of carbonyl (C=O) groups excluding carboxylic acids is 1. The Morgan fingerprint density at radius 1 is 0.926 bits per heavy atom. The minimum atomic E-state index is -3.75. The fourth-order valence-electron chi connectivity index (χ4n) is 3.00. The standard InChI is InChI=1S/C19H20Cl2N2O3S/c20-15-6-8-16(9-7-15)22-19(24)14-5-10-17(21)18(13-14)27(25,26)23-11-3-1-2-4-12-23/h5-10,13H,1-4,11-12H2,(H,22,24). The Morgan fingerprint density at radius 3 is 2.19 bits per heavy atom. The second-order valence-corrected chi connectivity index (χ2v) is 9.17. The molecule has 1 heterocycles. The van der Waals surface area contributed by atoms with Crippen molar-refractivity contribution in [2.75, 3.05) is 18.4 Å². The molecule has 2 aromatic carbocycles. The zero-order chi connectivity index (χ0) is 19.4. The molecule has 1 fully saturated rings. The van der Waals surface area contributed by atoms with Crippen LogP contribution >= 0.6 is 23.2 Å². The highest BCUT2D eigenvalue weighted by Crippen LogP contribution is 2.28. The average molecular weight is 427 g/mol. The Hall–Kier alpha value is -1.60. The van der Waals surface area contributed by atoms with Crippen LogP contribution in [0.4, 0.5) is 5.69 Å². The Bertz CT molecular complexity index is 922. The topological polar surface area (TPSA) is 66.5 Å². The summed E-state index contributed by atoms with van der Waals surface area (Å²) in [5.41, 5.74) is 0.791. The molecule has 0 radical (unpaired) electrons. The molecular formula is C19H20Cl2N2O3S. The molecule has 1 aliphatic rings. The lowest BCUT2D eigenvalue weighted by Gasteiger charge is -2.21. The van der Waals surface area contributed by atoms with Crippen LogP contribution in [0.25, 0.3) is 0 Å². The zero-order valence-electron chi connectivity index (χ0n) is 14.6. The first-order valence-corrected chi connectivity index (χ1v) is 10.9. The summed E-state index contributed by atoms with van der Waals surface area (Å²) in [6.45, 7) is 0.944. The summed E-state index contributed by atoms with van der Waals surface area (Å²) in [6, 6.07) is 11.0. The van der Waals surface area contributed by atoms with Gasteiger partial charge in [-0.2, -0.15) is 4.31 Å². The van der Waals surface area contributed by atoms with Crippen LogP contribution in [0, 0.1) is 0 Å². The van der Waals surface area contributed by atoms with E-state index in [1.54, 1.807) is 24.3 Å². The third kappa shape index (κ3) is 4.82. The molecule has 2 aromatic rings. The summed E-state index contributed by atoms with van der Waals surface area (Å²) in [5, 5.41) is 3.40. The van der Waals surface area contributed by atoms with Gasteiger partial charge in [0.25, 0.3) is 5.91 Å². The first kappa shape index (κ1) is 20.1. The maximum atomic E-state index is 13.0. The highest BCUT2D eigenvalue weighted by atomic mass is 35.5. The van der Waals surface area contributed by atoms with Gasteiger partial charge < -0.3 is 5.32 Å². The number of carbonyl (C=O) groups is 1. The summed E-state index contributed by atoms with van der Waals surface area (Å²) in [5.74, 6) is -0.415. The Morgan fingerprint density at radius 2 is 1.56 bits per heavy atom. The van der Waals surface area contributed by atoms with E-state index in [-0.39, 0.29) is 15.5 Å². The van der Waals surface area contributed by atoms with E-state index in [1.807, 2.05) is 0 Å². The molecule has 5 nitrogen and oxygen atoms in total. The van der Waals surface area contributed by atoms with Crippen molar-refractivity contribution in [2.45, 2.75) is 30.6 Å². The van der Waals surface area contributed by atoms with Gasteiger partial charge in [-0.3, -0.25) is 4.79 Å². The predicted octanol–water partition coefficient (Wildman–Crippen LogP) is 4.81. The van der Waals surface area contributed by atoms with Gasteiger partial charge in [-0.05, 0) is 55.3 Å². The van der Waals surface area contributed by atoms with Crippen molar-refractivity contribution in [2.24, 2.45) is 0 Å². The highest BCUT2D eigenvalue weighted by Gasteiger charge is 2.28.